The quantitative estimate of drug-likeness (QED) is 0.421. The first-order chi connectivity index (χ1) is 5.88. The van der Waals surface area contributed by atoms with Gasteiger partial charge in [0, 0.05) is 0 Å². The van der Waals surface area contributed by atoms with Crippen molar-refractivity contribution >= 4 is 0 Å². The van der Waals surface area contributed by atoms with E-state index in [2.05, 4.69) is 19.9 Å². The maximum Gasteiger partial charge on any atom is -0.0203 e. The highest BCUT2D eigenvalue weighted by atomic mass is 14.2. The molecular formula is C12H22. The van der Waals surface area contributed by atoms with Crippen LogP contribution in [0, 0.1) is 5.92 Å². The lowest BCUT2D eigenvalue weighted by Crippen LogP contribution is -1.97. The molecular weight excluding hydrogens is 144 g/mol. The van der Waals surface area contributed by atoms with Gasteiger partial charge in [0.15, 0.2) is 0 Å². The van der Waals surface area contributed by atoms with Gasteiger partial charge in [0.05, 0.1) is 0 Å². The van der Waals surface area contributed by atoms with Crippen molar-refractivity contribution in [2.75, 3.05) is 0 Å². The molecule has 12 heavy (non-hydrogen) atoms. The molecule has 0 spiro atoms. The third-order valence-corrected chi connectivity index (χ3v) is 3.01. The van der Waals surface area contributed by atoms with Crippen LogP contribution >= 0.6 is 0 Å². The largest absolute Gasteiger partial charge is 0.0850 e. The SMILES string of the molecule is CCCCCC1=CCCC1CC. The fourth-order valence-electron chi connectivity index (χ4n) is 2.17. The maximum absolute atomic E-state index is 2.49. The van der Waals surface area contributed by atoms with E-state index in [1.54, 1.807) is 5.57 Å². The molecule has 0 nitrogen and oxygen atoms in total. The normalized spacial score (nSPS) is 22.8. The second-order valence-corrected chi connectivity index (χ2v) is 3.92. The molecule has 0 radical (unpaired) electrons. The van der Waals surface area contributed by atoms with Gasteiger partial charge in [-0.1, -0.05) is 38.3 Å². The molecule has 1 aliphatic rings. The highest BCUT2D eigenvalue weighted by molar-refractivity contribution is 5.12. The van der Waals surface area contributed by atoms with Crippen molar-refractivity contribution < 1.29 is 0 Å². The Kier molecular flexibility index (Phi) is 4.42. The van der Waals surface area contributed by atoms with Gasteiger partial charge in [0.1, 0.15) is 0 Å². The van der Waals surface area contributed by atoms with Crippen molar-refractivity contribution in [3.8, 4) is 0 Å². The Balaban J connectivity index is 2.21. The van der Waals surface area contributed by atoms with Crippen LogP contribution < -0.4 is 0 Å². The fourth-order valence-corrected chi connectivity index (χ4v) is 2.17. The Morgan fingerprint density at radius 2 is 2.17 bits per heavy atom. The second kappa shape index (κ2) is 5.40. The van der Waals surface area contributed by atoms with E-state index in [0.717, 1.165) is 5.92 Å². The van der Waals surface area contributed by atoms with Gasteiger partial charge in [-0.15, -0.1) is 0 Å². The summed E-state index contributed by atoms with van der Waals surface area (Å²) in [5.41, 5.74) is 1.77. The van der Waals surface area contributed by atoms with Crippen LogP contribution in [0.3, 0.4) is 0 Å². The van der Waals surface area contributed by atoms with Crippen LogP contribution in [0.4, 0.5) is 0 Å². The molecule has 0 fully saturated rings. The zero-order valence-corrected chi connectivity index (χ0v) is 8.60. The van der Waals surface area contributed by atoms with Crippen LogP contribution in [0.2, 0.25) is 0 Å². The van der Waals surface area contributed by atoms with E-state index < -0.39 is 0 Å². The Hall–Kier alpha value is -0.260. The van der Waals surface area contributed by atoms with Crippen LogP contribution in [0.15, 0.2) is 11.6 Å². The lowest BCUT2D eigenvalue weighted by atomic mass is 9.94. The standard InChI is InChI=1S/C12H22/c1-3-5-6-8-12-10-7-9-11(12)4-2/h10-11H,3-9H2,1-2H3. The molecule has 0 aromatic heterocycles. The molecule has 0 heteroatoms. The van der Waals surface area contributed by atoms with Crippen LogP contribution in [0.25, 0.3) is 0 Å². The number of unbranched alkanes of at least 4 members (excludes halogenated alkanes) is 2. The van der Waals surface area contributed by atoms with E-state index in [-0.39, 0.29) is 0 Å². The van der Waals surface area contributed by atoms with Crippen LogP contribution in [0.5, 0.6) is 0 Å². The first-order valence-corrected chi connectivity index (χ1v) is 5.57. The average Bonchev–Trinajstić information content (AvgIpc) is 2.52. The lowest BCUT2D eigenvalue weighted by molar-refractivity contribution is 0.553. The summed E-state index contributed by atoms with van der Waals surface area (Å²) >= 11 is 0. The molecule has 0 aromatic carbocycles. The molecule has 0 bridgehead atoms. The summed E-state index contributed by atoms with van der Waals surface area (Å²) in [5.74, 6) is 0.946. The van der Waals surface area contributed by atoms with Crippen LogP contribution in [-0.4, -0.2) is 0 Å². The van der Waals surface area contributed by atoms with Crippen molar-refractivity contribution in [2.45, 2.75) is 58.8 Å². The molecule has 0 heterocycles. The summed E-state index contributed by atoms with van der Waals surface area (Å²) in [5, 5.41) is 0. The van der Waals surface area contributed by atoms with E-state index in [1.165, 1.54) is 44.9 Å². The van der Waals surface area contributed by atoms with Crippen molar-refractivity contribution in [1.29, 1.82) is 0 Å². The predicted molar refractivity (Wildman–Crippen MR) is 55.2 cm³/mol. The lowest BCUT2D eigenvalue weighted by Gasteiger charge is -2.11. The number of hydrogen-bond acceptors (Lipinski definition) is 0. The van der Waals surface area contributed by atoms with Crippen molar-refractivity contribution in [1.82, 2.24) is 0 Å². The van der Waals surface area contributed by atoms with Gasteiger partial charge >= 0.3 is 0 Å². The van der Waals surface area contributed by atoms with Gasteiger partial charge < -0.3 is 0 Å². The Morgan fingerprint density at radius 1 is 1.33 bits per heavy atom. The first kappa shape index (κ1) is 9.83. The van der Waals surface area contributed by atoms with E-state index in [1.807, 2.05) is 0 Å². The molecule has 0 aliphatic heterocycles. The first-order valence-electron chi connectivity index (χ1n) is 5.57. The van der Waals surface area contributed by atoms with Crippen LogP contribution in [-0.2, 0) is 0 Å². The summed E-state index contributed by atoms with van der Waals surface area (Å²) in [4.78, 5) is 0. The van der Waals surface area contributed by atoms with Gasteiger partial charge in [-0.2, -0.15) is 0 Å². The van der Waals surface area contributed by atoms with E-state index in [4.69, 9.17) is 0 Å². The molecule has 1 unspecified atom stereocenters. The summed E-state index contributed by atoms with van der Waals surface area (Å²) in [6, 6.07) is 0. The minimum atomic E-state index is 0.946. The molecule has 0 amide bonds. The fraction of sp³-hybridized carbons (Fsp3) is 0.833. The van der Waals surface area contributed by atoms with Gasteiger partial charge in [-0.05, 0) is 38.0 Å². The smallest absolute Gasteiger partial charge is 0.0203 e. The zero-order valence-electron chi connectivity index (χ0n) is 8.60. The predicted octanol–water partition coefficient (Wildman–Crippen LogP) is 4.31. The molecule has 1 rings (SSSR count). The van der Waals surface area contributed by atoms with E-state index in [0.29, 0.717) is 0 Å². The molecule has 0 aromatic rings. The highest BCUT2D eigenvalue weighted by Crippen LogP contribution is 2.31. The summed E-state index contributed by atoms with van der Waals surface area (Å²) in [7, 11) is 0. The second-order valence-electron chi connectivity index (χ2n) is 3.92. The van der Waals surface area contributed by atoms with Gasteiger partial charge in [-0.25, -0.2) is 0 Å². The van der Waals surface area contributed by atoms with Crippen molar-refractivity contribution in [3.63, 3.8) is 0 Å². The minimum absolute atomic E-state index is 0.946. The van der Waals surface area contributed by atoms with Gasteiger partial charge in [-0.3, -0.25) is 0 Å². The molecule has 0 saturated carbocycles. The Bertz CT molecular complexity index is 144. The van der Waals surface area contributed by atoms with Gasteiger partial charge in [0.2, 0.25) is 0 Å². The monoisotopic (exact) mass is 166 g/mol. The number of allylic oxidation sites excluding steroid dienone is 2. The molecule has 0 saturated heterocycles. The van der Waals surface area contributed by atoms with Crippen LogP contribution in [0.1, 0.15) is 58.8 Å². The summed E-state index contributed by atoms with van der Waals surface area (Å²) < 4.78 is 0. The number of hydrogen-bond donors (Lipinski definition) is 0. The molecule has 0 N–H and O–H groups in total. The third kappa shape index (κ3) is 2.66. The summed E-state index contributed by atoms with van der Waals surface area (Å²) in [6.45, 7) is 4.60. The number of rotatable bonds is 5. The molecule has 70 valence electrons. The third-order valence-electron chi connectivity index (χ3n) is 3.01. The highest BCUT2D eigenvalue weighted by Gasteiger charge is 2.15. The molecule has 1 aliphatic carbocycles. The molecule has 1 atom stereocenters. The van der Waals surface area contributed by atoms with Crippen molar-refractivity contribution in [2.24, 2.45) is 5.92 Å². The Labute approximate surface area is 77.1 Å². The van der Waals surface area contributed by atoms with E-state index in [9.17, 15) is 0 Å². The van der Waals surface area contributed by atoms with Gasteiger partial charge in [0.25, 0.3) is 0 Å². The topological polar surface area (TPSA) is 0 Å². The average molecular weight is 166 g/mol. The summed E-state index contributed by atoms with van der Waals surface area (Å²) in [6.07, 6.45) is 12.2. The Morgan fingerprint density at radius 3 is 2.83 bits per heavy atom. The van der Waals surface area contributed by atoms with E-state index >= 15 is 0 Å². The maximum atomic E-state index is 2.49. The van der Waals surface area contributed by atoms with Crippen molar-refractivity contribution in [3.05, 3.63) is 11.6 Å². The zero-order chi connectivity index (χ0) is 8.81. The minimum Gasteiger partial charge on any atom is -0.0850 e.